The molecule has 2 amide bonds. The van der Waals surface area contributed by atoms with Gasteiger partial charge in [-0.25, -0.2) is 4.79 Å². The van der Waals surface area contributed by atoms with E-state index in [0.717, 1.165) is 12.0 Å². The lowest BCUT2D eigenvalue weighted by Gasteiger charge is -2.23. The molecule has 1 aromatic rings. The zero-order chi connectivity index (χ0) is 13.2. The lowest BCUT2D eigenvalue weighted by molar-refractivity contribution is -0.123. The fourth-order valence-electron chi connectivity index (χ4n) is 2.74. The minimum absolute atomic E-state index is 0.00187. The van der Waals surface area contributed by atoms with Crippen LogP contribution < -0.4 is 5.32 Å². The highest BCUT2D eigenvalue weighted by molar-refractivity contribution is 5.80. The van der Waals surface area contributed by atoms with Gasteiger partial charge in [0.05, 0.1) is 0 Å². The van der Waals surface area contributed by atoms with Gasteiger partial charge in [0.15, 0.2) is 0 Å². The Bertz CT molecular complexity index is 489. The Morgan fingerprint density at radius 3 is 2.95 bits per heavy atom. The van der Waals surface area contributed by atoms with Gasteiger partial charge < -0.3 is 15.0 Å². The molecule has 5 nitrogen and oxygen atoms in total. The molecule has 0 aromatic heterocycles. The van der Waals surface area contributed by atoms with Crippen LogP contribution in [0.2, 0.25) is 0 Å². The SMILES string of the molecule is O=C1CC2CC(CN2C(=O)OCc2ccccc2)N1. The van der Waals surface area contributed by atoms with E-state index in [4.69, 9.17) is 4.74 Å². The Morgan fingerprint density at radius 2 is 2.16 bits per heavy atom. The van der Waals surface area contributed by atoms with Crippen LogP contribution in [0.15, 0.2) is 30.3 Å². The standard InChI is InChI=1S/C14H16N2O3/c17-13-7-12-6-11(15-13)8-16(12)14(18)19-9-10-4-2-1-3-5-10/h1-5,11-12H,6-9H2,(H,15,17). The van der Waals surface area contributed by atoms with E-state index in [1.54, 1.807) is 4.90 Å². The van der Waals surface area contributed by atoms with Crippen molar-refractivity contribution in [1.29, 1.82) is 0 Å². The maximum atomic E-state index is 12.0. The third-order valence-corrected chi connectivity index (χ3v) is 3.64. The average Bonchev–Trinajstić information content (AvgIpc) is 2.72. The van der Waals surface area contributed by atoms with Crippen LogP contribution in [0.4, 0.5) is 4.79 Å². The predicted molar refractivity (Wildman–Crippen MR) is 68.3 cm³/mol. The van der Waals surface area contributed by atoms with Gasteiger partial charge >= 0.3 is 6.09 Å². The Hall–Kier alpha value is -2.04. The molecular formula is C14H16N2O3. The topological polar surface area (TPSA) is 58.6 Å². The highest BCUT2D eigenvalue weighted by atomic mass is 16.6. The molecule has 2 unspecified atom stereocenters. The van der Waals surface area contributed by atoms with E-state index in [0.29, 0.717) is 13.0 Å². The molecule has 2 atom stereocenters. The third kappa shape index (κ3) is 2.54. The number of rotatable bonds is 2. The van der Waals surface area contributed by atoms with Crippen molar-refractivity contribution in [2.75, 3.05) is 6.54 Å². The van der Waals surface area contributed by atoms with Crippen molar-refractivity contribution in [3.63, 3.8) is 0 Å². The summed E-state index contributed by atoms with van der Waals surface area (Å²) < 4.78 is 5.30. The molecule has 100 valence electrons. The molecule has 1 aromatic carbocycles. The van der Waals surface area contributed by atoms with Crippen molar-refractivity contribution < 1.29 is 14.3 Å². The number of carbonyl (C=O) groups is 2. The number of carbonyl (C=O) groups excluding carboxylic acids is 2. The fourth-order valence-corrected chi connectivity index (χ4v) is 2.74. The number of hydrogen-bond acceptors (Lipinski definition) is 3. The second-order valence-corrected chi connectivity index (χ2v) is 5.05. The van der Waals surface area contributed by atoms with Gasteiger partial charge in [0.1, 0.15) is 6.61 Å². The second-order valence-electron chi connectivity index (χ2n) is 5.05. The van der Waals surface area contributed by atoms with Crippen molar-refractivity contribution >= 4 is 12.0 Å². The number of ether oxygens (including phenoxy) is 1. The summed E-state index contributed by atoms with van der Waals surface area (Å²) in [5, 5.41) is 2.88. The van der Waals surface area contributed by atoms with E-state index < -0.39 is 0 Å². The third-order valence-electron chi connectivity index (χ3n) is 3.64. The maximum absolute atomic E-state index is 12.0. The van der Waals surface area contributed by atoms with Gasteiger partial charge in [-0.3, -0.25) is 4.79 Å². The number of nitrogens with zero attached hydrogens (tertiary/aromatic N) is 1. The van der Waals surface area contributed by atoms with Gasteiger partial charge in [-0.05, 0) is 12.0 Å². The molecule has 1 N–H and O–H groups in total. The Morgan fingerprint density at radius 1 is 1.37 bits per heavy atom. The summed E-state index contributed by atoms with van der Waals surface area (Å²) in [4.78, 5) is 25.1. The van der Waals surface area contributed by atoms with E-state index in [-0.39, 0.29) is 30.7 Å². The second kappa shape index (κ2) is 4.91. The normalized spacial score (nSPS) is 25.1. The van der Waals surface area contributed by atoms with Crippen LogP contribution in [0.3, 0.4) is 0 Å². The molecule has 0 aliphatic carbocycles. The fraction of sp³-hybridized carbons (Fsp3) is 0.429. The van der Waals surface area contributed by atoms with E-state index in [1.165, 1.54) is 0 Å². The van der Waals surface area contributed by atoms with Gasteiger partial charge in [0.25, 0.3) is 0 Å². The first-order valence-corrected chi connectivity index (χ1v) is 6.49. The molecule has 0 saturated carbocycles. The number of benzene rings is 1. The van der Waals surface area contributed by atoms with E-state index in [1.807, 2.05) is 30.3 Å². The smallest absolute Gasteiger partial charge is 0.410 e. The predicted octanol–water partition coefficient (Wildman–Crippen LogP) is 1.29. The van der Waals surface area contributed by atoms with Gasteiger partial charge in [-0.15, -0.1) is 0 Å². The average molecular weight is 260 g/mol. The molecular weight excluding hydrogens is 244 g/mol. The number of amides is 2. The summed E-state index contributed by atoms with van der Waals surface area (Å²) in [6, 6.07) is 9.68. The molecule has 0 spiro atoms. The summed E-state index contributed by atoms with van der Waals surface area (Å²) in [5.41, 5.74) is 0.965. The first kappa shape index (κ1) is 12.0. The van der Waals surface area contributed by atoms with Crippen molar-refractivity contribution in [3.05, 3.63) is 35.9 Å². The molecule has 2 aliphatic rings. The number of fused-ring (bicyclic) bond motifs is 2. The highest BCUT2D eigenvalue weighted by Gasteiger charge is 2.41. The van der Waals surface area contributed by atoms with Crippen LogP contribution >= 0.6 is 0 Å². The van der Waals surface area contributed by atoms with Crippen molar-refractivity contribution in [2.45, 2.75) is 31.5 Å². The minimum Gasteiger partial charge on any atom is -0.445 e. The Balaban J connectivity index is 1.58. The molecule has 19 heavy (non-hydrogen) atoms. The van der Waals surface area contributed by atoms with Gasteiger partial charge in [-0.1, -0.05) is 30.3 Å². The van der Waals surface area contributed by atoms with E-state index in [2.05, 4.69) is 5.32 Å². The van der Waals surface area contributed by atoms with E-state index >= 15 is 0 Å². The van der Waals surface area contributed by atoms with Crippen LogP contribution in [0.25, 0.3) is 0 Å². The van der Waals surface area contributed by atoms with Crippen molar-refractivity contribution in [1.82, 2.24) is 10.2 Å². The molecule has 0 radical (unpaired) electrons. The molecule has 2 bridgehead atoms. The van der Waals surface area contributed by atoms with Crippen molar-refractivity contribution in [3.8, 4) is 0 Å². The quantitative estimate of drug-likeness (QED) is 0.871. The van der Waals surface area contributed by atoms with Crippen LogP contribution in [0, 0.1) is 0 Å². The molecule has 3 rings (SSSR count). The largest absolute Gasteiger partial charge is 0.445 e. The van der Waals surface area contributed by atoms with Crippen molar-refractivity contribution in [2.24, 2.45) is 0 Å². The number of likely N-dealkylation sites (tertiary alicyclic amines) is 1. The number of piperidine rings is 1. The van der Waals surface area contributed by atoms with Crippen LogP contribution in [0.5, 0.6) is 0 Å². The summed E-state index contributed by atoms with van der Waals surface area (Å²) >= 11 is 0. The zero-order valence-corrected chi connectivity index (χ0v) is 10.5. The lowest BCUT2D eigenvalue weighted by atomic mass is 10.0. The van der Waals surface area contributed by atoms with E-state index in [9.17, 15) is 9.59 Å². The van der Waals surface area contributed by atoms with Gasteiger partial charge in [0, 0.05) is 25.0 Å². The molecule has 2 saturated heterocycles. The summed E-state index contributed by atoms with van der Waals surface area (Å²) in [6.07, 6.45) is 0.899. The zero-order valence-electron chi connectivity index (χ0n) is 10.5. The van der Waals surface area contributed by atoms with Crippen LogP contribution in [-0.2, 0) is 16.1 Å². The molecule has 2 fully saturated rings. The lowest BCUT2D eigenvalue weighted by Crippen LogP contribution is -2.40. The Kier molecular flexibility index (Phi) is 3.11. The summed E-state index contributed by atoms with van der Waals surface area (Å²) in [6.45, 7) is 0.832. The molecule has 5 heteroatoms. The van der Waals surface area contributed by atoms with Crippen LogP contribution in [0.1, 0.15) is 18.4 Å². The van der Waals surface area contributed by atoms with Crippen LogP contribution in [-0.4, -0.2) is 35.5 Å². The number of hydrogen-bond donors (Lipinski definition) is 1. The number of nitrogens with one attached hydrogen (secondary N) is 1. The Labute approximate surface area is 111 Å². The molecule has 2 heterocycles. The summed E-state index contributed by atoms with van der Waals surface area (Å²) in [7, 11) is 0. The summed E-state index contributed by atoms with van der Waals surface area (Å²) in [5.74, 6) is 0.0274. The monoisotopic (exact) mass is 260 g/mol. The maximum Gasteiger partial charge on any atom is 0.410 e. The van der Waals surface area contributed by atoms with Gasteiger partial charge in [-0.2, -0.15) is 0 Å². The molecule has 2 aliphatic heterocycles. The first-order valence-electron chi connectivity index (χ1n) is 6.49. The van der Waals surface area contributed by atoms with Gasteiger partial charge in [0.2, 0.25) is 5.91 Å². The minimum atomic E-state index is -0.326. The first-order chi connectivity index (χ1) is 9.22. The highest BCUT2D eigenvalue weighted by Crippen LogP contribution is 2.25.